The molecule has 1 heterocycles. The monoisotopic (exact) mass is 494 g/mol. The summed E-state index contributed by atoms with van der Waals surface area (Å²) in [7, 11) is -7.61. The van der Waals surface area contributed by atoms with Crippen LogP contribution in [0.15, 0.2) is 58.3 Å². The Hall–Kier alpha value is -1.81. The molecule has 0 spiro atoms. The standard InChI is InChI=1S/C24H31FN2O4S2/c1-19-7-6-16-26(17-19)32(28,29)22-12-14-23(15-13-22)33(30,31)27(21-9-3-4-10-21)18-20-8-2-5-11-24(20)25/h2,5,8,11-15,19,21H,3-4,6-7,9-10,16-18H2,1H3/t19-/m1/s1. The molecule has 1 saturated carbocycles. The third-order valence-electron chi connectivity index (χ3n) is 6.70. The molecule has 0 aromatic heterocycles. The van der Waals surface area contributed by atoms with Crippen LogP contribution in [0.5, 0.6) is 0 Å². The van der Waals surface area contributed by atoms with Crippen LogP contribution in [-0.2, 0) is 26.6 Å². The summed E-state index contributed by atoms with van der Waals surface area (Å²) in [5, 5.41) is 0. The van der Waals surface area contributed by atoms with Crippen molar-refractivity contribution in [2.24, 2.45) is 5.92 Å². The molecule has 0 radical (unpaired) electrons. The highest BCUT2D eigenvalue weighted by Gasteiger charge is 2.35. The number of rotatable bonds is 7. The quantitative estimate of drug-likeness (QED) is 0.573. The minimum Gasteiger partial charge on any atom is -0.207 e. The smallest absolute Gasteiger partial charge is 0.207 e. The first-order valence-electron chi connectivity index (χ1n) is 11.5. The van der Waals surface area contributed by atoms with Gasteiger partial charge >= 0.3 is 0 Å². The van der Waals surface area contributed by atoms with Crippen LogP contribution in [0.3, 0.4) is 0 Å². The van der Waals surface area contributed by atoms with E-state index >= 15 is 0 Å². The summed E-state index contributed by atoms with van der Waals surface area (Å²) in [4.78, 5) is 0.119. The summed E-state index contributed by atoms with van der Waals surface area (Å²) in [6, 6.07) is 11.5. The Kier molecular flexibility index (Phi) is 7.23. The first-order valence-corrected chi connectivity index (χ1v) is 14.4. The van der Waals surface area contributed by atoms with Crippen molar-refractivity contribution in [3.05, 3.63) is 59.9 Å². The maximum absolute atomic E-state index is 14.3. The molecule has 2 aliphatic rings. The van der Waals surface area contributed by atoms with Crippen molar-refractivity contribution in [3.63, 3.8) is 0 Å². The molecule has 0 unspecified atom stereocenters. The van der Waals surface area contributed by atoms with Crippen molar-refractivity contribution >= 4 is 20.0 Å². The van der Waals surface area contributed by atoms with E-state index in [2.05, 4.69) is 0 Å². The van der Waals surface area contributed by atoms with E-state index in [-0.39, 0.29) is 22.4 Å². The summed E-state index contributed by atoms with van der Waals surface area (Å²) < 4.78 is 70.4. The summed E-state index contributed by atoms with van der Waals surface area (Å²) >= 11 is 0. The van der Waals surface area contributed by atoms with Crippen molar-refractivity contribution in [1.82, 2.24) is 8.61 Å². The lowest BCUT2D eigenvalue weighted by molar-refractivity contribution is 0.281. The topological polar surface area (TPSA) is 74.8 Å². The number of nitrogens with zero attached hydrogens (tertiary/aromatic N) is 2. The zero-order valence-electron chi connectivity index (χ0n) is 18.9. The molecule has 1 saturated heterocycles. The number of benzene rings is 2. The van der Waals surface area contributed by atoms with Gasteiger partial charge in [0, 0.05) is 31.2 Å². The van der Waals surface area contributed by atoms with Crippen molar-refractivity contribution in [3.8, 4) is 0 Å². The van der Waals surface area contributed by atoms with Crippen LogP contribution in [0.25, 0.3) is 0 Å². The van der Waals surface area contributed by atoms with E-state index in [9.17, 15) is 21.2 Å². The Morgan fingerprint density at radius 3 is 2.18 bits per heavy atom. The van der Waals surface area contributed by atoms with Gasteiger partial charge in [0.15, 0.2) is 0 Å². The molecule has 1 aliphatic heterocycles. The third-order valence-corrected chi connectivity index (χ3v) is 10.5. The second kappa shape index (κ2) is 9.82. The van der Waals surface area contributed by atoms with Crippen LogP contribution < -0.4 is 0 Å². The van der Waals surface area contributed by atoms with Gasteiger partial charge in [0.25, 0.3) is 0 Å². The van der Waals surface area contributed by atoms with Crippen molar-refractivity contribution in [2.75, 3.05) is 13.1 Å². The first-order chi connectivity index (χ1) is 15.7. The molecule has 33 heavy (non-hydrogen) atoms. The van der Waals surface area contributed by atoms with E-state index in [0.29, 0.717) is 24.6 Å². The molecule has 4 rings (SSSR count). The van der Waals surface area contributed by atoms with Gasteiger partial charge in [0.1, 0.15) is 5.82 Å². The van der Waals surface area contributed by atoms with Crippen molar-refractivity contribution in [1.29, 1.82) is 0 Å². The van der Waals surface area contributed by atoms with Crippen molar-refractivity contribution in [2.45, 2.75) is 67.8 Å². The highest BCUT2D eigenvalue weighted by molar-refractivity contribution is 7.89. The van der Waals surface area contributed by atoms with Gasteiger partial charge in [-0.1, -0.05) is 38.0 Å². The lowest BCUT2D eigenvalue weighted by Crippen LogP contribution is -2.39. The van der Waals surface area contributed by atoms with Crippen LogP contribution in [0.4, 0.5) is 4.39 Å². The van der Waals surface area contributed by atoms with Gasteiger partial charge in [0.05, 0.1) is 9.79 Å². The SMILES string of the molecule is C[C@@H]1CCCN(S(=O)(=O)c2ccc(S(=O)(=O)N(Cc3ccccc3F)C3CCCC3)cc2)C1. The fourth-order valence-electron chi connectivity index (χ4n) is 4.83. The van der Waals surface area contributed by atoms with E-state index in [1.165, 1.54) is 38.9 Å². The molecule has 2 fully saturated rings. The predicted octanol–water partition coefficient (Wildman–Crippen LogP) is 4.38. The maximum Gasteiger partial charge on any atom is 0.243 e. The highest BCUT2D eigenvalue weighted by atomic mass is 32.2. The van der Waals surface area contributed by atoms with Gasteiger partial charge in [-0.2, -0.15) is 8.61 Å². The normalized spacial score (nSPS) is 21.0. The van der Waals surface area contributed by atoms with Gasteiger partial charge in [-0.05, 0) is 61.9 Å². The number of piperidine rings is 1. The minimum absolute atomic E-state index is 0.0247. The maximum atomic E-state index is 14.3. The number of hydrogen-bond acceptors (Lipinski definition) is 4. The van der Waals surface area contributed by atoms with Crippen molar-refractivity contribution < 1.29 is 21.2 Å². The Balaban J connectivity index is 1.62. The molecule has 1 aliphatic carbocycles. The summed E-state index contributed by atoms with van der Waals surface area (Å²) in [6.07, 6.45) is 5.14. The van der Waals surface area contributed by atoms with E-state index in [1.54, 1.807) is 18.2 Å². The van der Waals surface area contributed by atoms with Gasteiger partial charge in [-0.3, -0.25) is 0 Å². The minimum atomic E-state index is -3.94. The molecule has 0 bridgehead atoms. The summed E-state index contributed by atoms with van der Waals surface area (Å²) in [6.45, 7) is 2.93. The van der Waals surface area contributed by atoms with Crippen LogP contribution in [0.1, 0.15) is 51.0 Å². The van der Waals surface area contributed by atoms with Gasteiger partial charge in [-0.25, -0.2) is 21.2 Å². The number of sulfonamides is 2. The second-order valence-corrected chi connectivity index (χ2v) is 13.0. The van der Waals surface area contributed by atoms with Gasteiger partial charge in [0.2, 0.25) is 20.0 Å². The van der Waals surface area contributed by atoms with Crippen LogP contribution in [0.2, 0.25) is 0 Å². The van der Waals surface area contributed by atoms with Gasteiger partial charge < -0.3 is 0 Å². The largest absolute Gasteiger partial charge is 0.243 e. The molecule has 6 nitrogen and oxygen atoms in total. The highest BCUT2D eigenvalue weighted by Crippen LogP contribution is 2.31. The molecular formula is C24H31FN2O4S2. The molecular weight excluding hydrogens is 463 g/mol. The predicted molar refractivity (Wildman–Crippen MR) is 125 cm³/mol. The molecule has 2 aromatic rings. The summed E-state index contributed by atoms with van der Waals surface area (Å²) in [5.41, 5.74) is 0.325. The molecule has 9 heteroatoms. The van der Waals surface area contributed by atoms with Crippen LogP contribution in [0, 0.1) is 11.7 Å². The average molecular weight is 495 g/mol. The second-order valence-electron chi connectivity index (χ2n) is 9.16. The fourth-order valence-corrected chi connectivity index (χ4v) is 8.09. The van der Waals surface area contributed by atoms with Crippen LogP contribution in [-0.4, -0.2) is 44.6 Å². The van der Waals surface area contributed by atoms with E-state index in [4.69, 9.17) is 0 Å². The van der Waals surface area contributed by atoms with Crippen LogP contribution >= 0.6 is 0 Å². The molecule has 0 amide bonds. The molecule has 0 N–H and O–H groups in total. The summed E-state index contributed by atoms with van der Waals surface area (Å²) in [5.74, 6) is -0.139. The first kappa shape index (κ1) is 24.3. The van der Waals surface area contributed by atoms with Gasteiger partial charge in [-0.15, -0.1) is 0 Å². The number of hydrogen-bond donors (Lipinski definition) is 0. The zero-order chi connectivity index (χ0) is 23.6. The zero-order valence-corrected chi connectivity index (χ0v) is 20.5. The fraction of sp³-hybridized carbons (Fsp3) is 0.500. The average Bonchev–Trinajstić information content (AvgIpc) is 3.33. The molecule has 1 atom stereocenters. The van der Waals surface area contributed by atoms with E-state index < -0.39 is 25.9 Å². The Labute approximate surface area is 196 Å². The lowest BCUT2D eigenvalue weighted by Gasteiger charge is -2.30. The Morgan fingerprint density at radius 1 is 0.909 bits per heavy atom. The Morgan fingerprint density at radius 2 is 1.55 bits per heavy atom. The lowest BCUT2D eigenvalue weighted by atomic mass is 10.0. The third kappa shape index (κ3) is 5.16. The van der Waals surface area contributed by atoms with E-state index in [0.717, 1.165) is 38.5 Å². The molecule has 2 aromatic carbocycles. The molecule has 180 valence electrons. The Bertz CT molecular complexity index is 1180. The van der Waals surface area contributed by atoms with E-state index in [1.807, 2.05) is 6.92 Å². The number of halogens is 1.